The predicted molar refractivity (Wildman–Crippen MR) is 65.9 cm³/mol. The molecule has 0 heterocycles. The number of amides is 1. The van der Waals surface area contributed by atoms with Gasteiger partial charge in [0.05, 0.1) is 6.04 Å². The van der Waals surface area contributed by atoms with E-state index >= 15 is 0 Å². The van der Waals surface area contributed by atoms with Crippen molar-refractivity contribution in [1.82, 2.24) is 5.32 Å². The molecule has 0 spiro atoms. The van der Waals surface area contributed by atoms with Crippen molar-refractivity contribution in [3.05, 3.63) is 45.9 Å². The average molecular weight is 289 g/mol. The van der Waals surface area contributed by atoms with Gasteiger partial charge in [0.2, 0.25) is 5.91 Å². The second-order valence-corrected chi connectivity index (χ2v) is 4.39. The number of nitrogens with one attached hydrogen (secondary N) is 1. The van der Waals surface area contributed by atoms with E-state index in [-0.39, 0.29) is 11.9 Å². The van der Waals surface area contributed by atoms with Crippen LogP contribution in [0.3, 0.4) is 0 Å². The van der Waals surface area contributed by atoms with Crippen molar-refractivity contribution in [3.8, 4) is 0 Å². The molecule has 15 heavy (non-hydrogen) atoms. The Kier molecular flexibility index (Phi) is 4.36. The van der Waals surface area contributed by atoms with E-state index in [1.807, 2.05) is 13.0 Å². The molecule has 0 saturated heterocycles. The van der Waals surface area contributed by atoms with E-state index in [0.29, 0.717) is 5.02 Å². The molecule has 1 aromatic rings. The Bertz CT molecular complexity index is 392. The van der Waals surface area contributed by atoms with Crippen LogP contribution < -0.4 is 5.32 Å². The van der Waals surface area contributed by atoms with Gasteiger partial charge in [-0.2, -0.15) is 0 Å². The maximum absolute atomic E-state index is 11.1. The SMILES string of the molecule is C=CC(=O)N[C@@H](C)c1ccc(Cl)cc1Br. The highest BCUT2D eigenvalue weighted by molar-refractivity contribution is 9.10. The molecule has 1 amide bonds. The lowest BCUT2D eigenvalue weighted by Gasteiger charge is -2.14. The summed E-state index contributed by atoms with van der Waals surface area (Å²) < 4.78 is 0.881. The first-order valence-electron chi connectivity index (χ1n) is 4.42. The van der Waals surface area contributed by atoms with Crippen molar-refractivity contribution in [1.29, 1.82) is 0 Å². The number of carbonyl (C=O) groups excluding carboxylic acids is 1. The maximum atomic E-state index is 11.1. The second kappa shape index (κ2) is 5.33. The van der Waals surface area contributed by atoms with Gasteiger partial charge >= 0.3 is 0 Å². The average Bonchev–Trinajstić information content (AvgIpc) is 2.17. The molecule has 1 N–H and O–H groups in total. The molecule has 0 saturated carbocycles. The number of halogens is 2. The van der Waals surface area contributed by atoms with E-state index in [1.54, 1.807) is 12.1 Å². The standard InChI is InChI=1S/C11H11BrClNO/c1-3-11(15)14-7(2)9-5-4-8(13)6-10(9)12/h3-7H,1H2,2H3,(H,14,15)/t7-/m0/s1. The van der Waals surface area contributed by atoms with Crippen LogP contribution in [0.2, 0.25) is 5.02 Å². The summed E-state index contributed by atoms with van der Waals surface area (Å²) in [6, 6.07) is 5.38. The van der Waals surface area contributed by atoms with E-state index in [0.717, 1.165) is 10.0 Å². The Labute approximate surface area is 102 Å². The van der Waals surface area contributed by atoms with Gasteiger partial charge in [-0.15, -0.1) is 0 Å². The third kappa shape index (κ3) is 3.36. The topological polar surface area (TPSA) is 29.1 Å². The number of hydrogen-bond acceptors (Lipinski definition) is 1. The zero-order valence-electron chi connectivity index (χ0n) is 8.26. The van der Waals surface area contributed by atoms with Crippen molar-refractivity contribution >= 4 is 33.4 Å². The van der Waals surface area contributed by atoms with Gasteiger partial charge < -0.3 is 5.32 Å². The molecule has 0 fully saturated rings. The summed E-state index contributed by atoms with van der Waals surface area (Å²) in [6.45, 7) is 5.30. The van der Waals surface area contributed by atoms with Gasteiger partial charge in [-0.25, -0.2) is 0 Å². The fourth-order valence-electron chi connectivity index (χ4n) is 1.20. The first kappa shape index (κ1) is 12.3. The lowest BCUT2D eigenvalue weighted by atomic mass is 10.1. The quantitative estimate of drug-likeness (QED) is 0.848. The monoisotopic (exact) mass is 287 g/mol. The summed E-state index contributed by atoms with van der Waals surface area (Å²) in [5.74, 6) is -0.190. The zero-order valence-corrected chi connectivity index (χ0v) is 10.6. The Morgan fingerprint density at radius 3 is 2.87 bits per heavy atom. The van der Waals surface area contributed by atoms with Crippen molar-refractivity contribution in [2.24, 2.45) is 0 Å². The van der Waals surface area contributed by atoms with Crippen molar-refractivity contribution < 1.29 is 4.79 Å². The minimum absolute atomic E-state index is 0.0814. The Hall–Kier alpha value is -0.800. The Morgan fingerprint density at radius 2 is 2.33 bits per heavy atom. The molecule has 0 bridgehead atoms. The lowest BCUT2D eigenvalue weighted by Crippen LogP contribution is -2.24. The molecule has 1 aromatic carbocycles. The van der Waals surface area contributed by atoms with E-state index in [1.165, 1.54) is 6.08 Å². The van der Waals surface area contributed by atoms with Gasteiger partial charge in [0.25, 0.3) is 0 Å². The molecule has 2 nitrogen and oxygen atoms in total. The van der Waals surface area contributed by atoms with E-state index in [2.05, 4.69) is 27.8 Å². The van der Waals surface area contributed by atoms with Gasteiger partial charge in [-0.3, -0.25) is 4.79 Å². The largest absolute Gasteiger partial charge is 0.346 e. The van der Waals surface area contributed by atoms with Crippen LogP contribution in [-0.4, -0.2) is 5.91 Å². The second-order valence-electron chi connectivity index (χ2n) is 3.10. The normalized spacial score (nSPS) is 11.9. The Balaban J connectivity index is 2.86. The minimum Gasteiger partial charge on any atom is -0.346 e. The summed E-state index contributed by atoms with van der Waals surface area (Å²) in [7, 11) is 0. The molecule has 4 heteroatoms. The zero-order chi connectivity index (χ0) is 11.4. The molecular weight excluding hydrogens is 277 g/mol. The van der Waals surface area contributed by atoms with Gasteiger partial charge in [-0.05, 0) is 30.7 Å². The van der Waals surface area contributed by atoms with Gasteiger partial charge in [-0.1, -0.05) is 40.2 Å². The van der Waals surface area contributed by atoms with Crippen LogP contribution >= 0.6 is 27.5 Å². The third-order valence-corrected chi connectivity index (χ3v) is 2.90. The van der Waals surface area contributed by atoms with Gasteiger partial charge in [0.1, 0.15) is 0 Å². The molecular formula is C11H11BrClNO. The first-order chi connectivity index (χ1) is 7.04. The summed E-state index contributed by atoms with van der Waals surface area (Å²) in [5, 5.41) is 3.44. The van der Waals surface area contributed by atoms with Gasteiger partial charge in [0, 0.05) is 9.50 Å². The highest BCUT2D eigenvalue weighted by Crippen LogP contribution is 2.26. The molecule has 1 atom stereocenters. The molecule has 0 aromatic heterocycles. The van der Waals surface area contributed by atoms with Crippen molar-refractivity contribution in [2.75, 3.05) is 0 Å². The van der Waals surface area contributed by atoms with Crippen LogP contribution in [0.1, 0.15) is 18.5 Å². The summed E-state index contributed by atoms with van der Waals surface area (Å²) in [6.07, 6.45) is 1.25. The van der Waals surface area contributed by atoms with Crippen molar-refractivity contribution in [2.45, 2.75) is 13.0 Å². The number of benzene rings is 1. The first-order valence-corrected chi connectivity index (χ1v) is 5.59. The number of hydrogen-bond donors (Lipinski definition) is 1. The summed E-state index contributed by atoms with van der Waals surface area (Å²) in [5.41, 5.74) is 0.981. The maximum Gasteiger partial charge on any atom is 0.243 e. The Morgan fingerprint density at radius 1 is 1.67 bits per heavy atom. The predicted octanol–water partition coefficient (Wildman–Crippen LogP) is 3.47. The lowest BCUT2D eigenvalue weighted by molar-refractivity contribution is -0.117. The summed E-state index contributed by atoms with van der Waals surface area (Å²) in [4.78, 5) is 11.1. The van der Waals surface area contributed by atoms with E-state index in [4.69, 9.17) is 11.6 Å². The van der Waals surface area contributed by atoms with Crippen LogP contribution in [0.5, 0.6) is 0 Å². The highest BCUT2D eigenvalue weighted by atomic mass is 79.9. The van der Waals surface area contributed by atoms with Crippen molar-refractivity contribution in [3.63, 3.8) is 0 Å². The molecule has 80 valence electrons. The fraction of sp³-hybridized carbons (Fsp3) is 0.182. The van der Waals surface area contributed by atoms with Gasteiger partial charge in [0.15, 0.2) is 0 Å². The molecule has 0 aliphatic heterocycles. The summed E-state index contributed by atoms with van der Waals surface area (Å²) >= 11 is 9.22. The van der Waals surface area contributed by atoms with Crippen LogP contribution in [-0.2, 0) is 4.79 Å². The number of rotatable bonds is 3. The smallest absolute Gasteiger partial charge is 0.243 e. The minimum atomic E-state index is -0.190. The molecule has 1 rings (SSSR count). The third-order valence-electron chi connectivity index (χ3n) is 1.97. The van der Waals surface area contributed by atoms with Crippen LogP contribution in [0.4, 0.5) is 0 Å². The fourth-order valence-corrected chi connectivity index (χ4v) is 2.23. The molecule has 0 radical (unpaired) electrons. The highest BCUT2D eigenvalue weighted by Gasteiger charge is 2.10. The van der Waals surface area contributed by atoms with E-state index in [9.17, 15) is 4.79 Å². The van der Waals surface area contributed by atoms with Crippen LogP contribution in [0.25, 0.3) is 0 Å². The number of carbonyl (C=O) groups is 1. The molecule has 0 aliphatic carbocycles. The molecule has 0 unspecified atom stereocenters. The molecule has 0 aliphatic rings. The van der Waals surface area contributed by atoms with Crippen LogP contribution in [0.15, 0.2) is 35.3 Å². The van der Waals surface area contributed by atoms with E-state index < -0.39 is 0 Å². The van der Waals surface area contributed by atoms with Crippen LogP contribution in [0, 0.1) is 0 Å².